The summed E-state index contributed by atoms with van der Waals surface area (Å²) in [6.07, 6.45) is 0. The summed E-state index contributed by atoms with van der Waals surface area (Å²) in [7, 11) is -0.0832. The number of anilines is 2. The molecule has 3 aromatic rings. The van der Waals surface area contributed by atoms with Gasteiger partial charge in [-0.3, -0.25) is 4.72 Å². The number of hydrogen-bond donors (Lipinski definition) is 1. The maximum absolute atomic E-state index is 13.1. The van der Waals surface area contributed by atoms with Gasteiger partial charge in [-0.2, -0.15) is 0 Å². The molecule has 1 fully saturated rings. The highest BCUT2D eigenvalue weighted by atomic mass is 32.2. The number of sulfonamides is 1. The molecular formula is C24H29N5O3S. The number of benzene rings is 2. The predicted molar refractivity (Wildman–Crippen MR) is 130 cm³/mol. The second kappa shape index (κ2) is 9.36. The van der Waals surface area contributed by atoms with Crippen molar-refractivity contribution >= 4 is 21.5 Å². The number of hydrogen-bond acceptors (Lipinski definition) is 7. The molecule has 0 bridgehead atoms. The minimum absolute atomic E-state index is 0.225. The molecule has 0 radical (unpaired) electrons. The van der Waals surface area contributed by atoms with Gasteiger partial charge in [0.2, 0.25) is 0 Å². The van der Waals surface area contributed by atoms with Crippen molar-refractivity contribution in [3.8, 4) is 17.0 Å². The van der Waals surface area contributed by atoms with E-state index in [4.69, 9.17) is 4.74 Å². The number of nitrogens with one attached hydrogen (secondary N) is 1. The molecule has 4 rings (SSSR count). The van der Waals surface area contributed by atoms with Crippen LogP contribution in [-0.4, -0.2) is 63.9 Å². The second-order valence-electron chi connectivity index (χ2n) is 8.34. The molecule has 1 aromatic heterocycles. The monoisotopic (exact) mass is 467 g/mol. The summed E-state index contributed by atoms with van der Waals surface area (Å²) in [6, 6.07) is 14.4. The molecule has 2 heterocycles. The first-order valence-corrected chi connectivity index (χ1v) is 12.3. The zero-order valence-electron chi connectivity index (χ0n) is 19.4. The minimum Gasteiger partial charge on any atom is -0.496 e. The van der Waals surface area contributed by atoms with Gasteiger partial charge in [-0.1, -0.05) is 12.1 Å². The maximum atomic E-state index is 13.1. The van der Waals surface area contributed by atoms with E-state index in [9.17, 15) is 8.42 Å². The van der Waals surface area contributed by atoms with Gasteiger partial charge in [0, 0.05) is 37.4 Å². The number of nitrogens with zero attached hydrogens (tertiary/aromatic N) is 4. The smallest absolute Gasteiger partial charge is 0.262 e. The number of piperazine rings is 1. The molecule has 1 aliphatic rings. The fourth-order valence-electron chi connectivity index (χ4n) is 3.91. The fourth-order valence-corrected chi connectivity index (χ4v) is 5.27. The maximum Gasteiger partial charge on any atom is 0.262 e. The van der Waals surface area contributed by atoms with E-state index in [1.54, 1.807) is 44.4 Å². The number of methoxy groups -OCH3 is 1. The molecule has 0 saturated carbocycles. The van der Waals surface area contributed by atoms with Gasteiger partial charge in [0.1, 0.15) is 5.75 Å². The Bertz CT molecular complexity index is 1240. The molecule has 0 spiro atoms. The van der Waals surface area contributed by atoms with Gasteiger partial charge >= 0.3 is 0 Å². The van der Waals surface area contributed by atoms with Crippen molar-refractivity contribution in [1.82, 2.24) is 15.1 Å². The third-order valence-electron chi connectivity index (χ3n) is 5.87. The summed E-state index contributed by atoms with van der Waals surface area (Å²) in [4.78, 5) is 4.74. The van der Waals surface area contributed by atoms with Crippen LogP contribution in [0.1, 0.15) is 11.1 Å². The number of likely N-dealkylation sites (N-methyl/N-ethyl adjacent to an activating group) is 1. The van der Waals surface area contributed by atoms with Crippen LogP contribution in [0.5, 0.6) is 5.75 Å². The molecule has 1 saturated heterocycles. The van der Waals surface area contributed by atoms with Gasteiger partial charge in [-0.25, -0.2) is 8.42 Å². The minimum atomic E-state index is -3.77. The van der Waals surface area contributed by atoms with Crippen LogP contribution in [-0.2, 0) is 10.0 Å². The first-order valence-electron chi connectivity index (χ1n) is 10.8. The van der Waals surface area contributed by atoms with Crippen molar-refractivity contribution in [2.75, 3.05) is 50.0 Å². The van der Waals surface area contributed by atoms with Crippen molar-refractivity contribution < 1.29 is 13.2 Å². The van der Waals surface area contributed by atoms with Gasteiger partial charge < -0.3 is 14.5 Å². The van der Waals surface area contributed by atoms with Crippen LogP contribution in [0.15, 0.2) is 53.4 Å². The highest BCUT2D eigenvalue weighted by Gasteiger charge is 2.20. The van der Waals surface area contributed by atoms with E-state index in [-0.39, 0.29) is 4.90 Å². The lowest BCUT2D eigenvalue weighted by molar-refractivity contribution is 0.312. The summed E-state index contributed by atoms with van der Waals surface area (Å²) in [5.41, 5.74) is 3.31. The molecule has 174 valence electrons. The van der Waals surface area contributed by atoms with Crippen LogP contribution >= 0.6 is 0 Å². The summed E-state index contributed by atoms with van der Waals surface area (Å²) in [5.74, 6) is 1.51. The van der Waals surface area contributed by atoms with Crippen LogP contribution in [0.4, 0.5) is 11.5 Å². The Morgan fingerprint density at radius 1 is 0.939 bits per heavy atom. The predicted octanol–water partition coefficient (Wildman–Crippen LogP) is 3.32. The van der Waals surface area contributed by atoms with Crippen molar-refractivity contribution in [3.63, 3.8) is 0 Å². The first-order chi connectivity index (χ1) is 15.8. The molecule has 1 N–H and O–H groups in total. The summed E-state index contributed by atoms with van der Waals surface area (Å²) < 4.78 is 34.1. The van der Waals surface area contributed by atoms with Gasteiger partial charge in [-0.05, 0) is 68.4 Å². The number of aromatic nitrogens is 2. The average molecular weight is 468 g/mol. The van der Waals surface area contributed by atoms with E-state index in [0.29, 0.717) is 22.7 Å². The SMILES string of the molecule is COc1cc(C)c(S(=O)(=O)Nc2cccc(-c3ccc(N4CCN(C)CC4)nn3)c2)cc1C. The van der Waals surface area contributed by atoms with Crippen LogP contribution in [0, 0.1) is 13.8 Å². The lowest BCUT2D eigenvalue weighted by Gasteiger charge is -2.32. The van der Waals surface area contributed by atoms with Gasteiger partial charge in [0.15, 0.2) is 5.82 Å². The normalized spacial score (nSPS) is 14.8. The largest absolute Gasteiger partial charge is 0.496 e. The van der Waals surface area contributed by atoms with Gasteiger partial charge in [-0.15, -0.1) is 10.2 Å². The Labute approximate surface area is 195 Å². The summed E-state index contributed by atoms with van der Waals surface area (Å²) in [6.45, 7) is 7.42. The standard InChI is InChI=1S/C24H29N5O3S/c1-17-15-23(18(2)14-22(17)32-4)33(30,31)27-20-7-5-6-19(16-20)21-8-9-24(26-25-21)29-12-10-28(3)11-13-29/h5-9,14-16,27H,10-13H2,1-4H3. The van der Waals surface area contributed by atoms with E-state index in [1.165, 1.54) is 0 Å². The molecule has 0 unspecified atom stereocenters. The zero-order chi connectivity index (χ0) is 23.6. The van der Waals surface area contributed by atoms with Gasteiger partial charge in [0.05, 0.1) is 17.7 Å². The van der Waals surface area contributed by atoms with E-state index in [1.807, 2.05) is 25.1 Å². The Morgan fingerprint density at radius 2 is 1.70 bits per heavy atom. The highest BCUT2D eigenvalue weighted by molar-refractivity contribution is 7.92. The number of rotatable bonds is 6. The third-order valence-corrected chi connectivity index (χ3v) is 7.39. The van der Waals surface area contributed by atoms with E-state index >= 15 is 0 Å². The molecule has 1 aliphatic heterocycles. The van der Waals surface area contributed by atoms with Crippen LogP contribution in [0.3, 0.4) is 0 Å². The quantitative estimate of drug-likeness (QED) is 0.595. The summed E-state index contributed by atoms with van der Waals surface area (Å²) in [5, 5.41) is 8.79. The molecule has 0 atom stereocenters. The first kappa shape index (κ1) is 23.0. The van der Waals surface area contributed by atoms with E-state index in [0.717, 1.165) is 43.1 Å². The number of aryl methyl sites for hydroxylation is 2. The average Bonchev–Trinajstić information content (AvgIpc) is 2.80. The van der Waals surface area contributed by atoms with Crippen molar-refractivity contribution in [1.29, 1.82) is 0 Å². The van der Waals surface area contributed by atoms with Crippen LogP contribution in [0.25, 0.3) is 11.3 Å². The molecule has 2 aromatic carbocycles. The Morgan fingerprint density at radius 3 is 2.36 bits per heavy atom. The molecule has 0 amide bonds. The Hall–Kier alpha value is -3.17. The van der Waals surface area contributed by atoms with Crippen LogP contribution in [0.2, 0.25) is 0 Å². The molecule has 0 aliphatic carbocycles. The topological polar surface area (TPSA) is 87.7 Å². The Balaban J connectivity index is 1.54. The van der Waals surface area contributed by atoms with Crippen molar-refractivity contribution in [3.05, 3.63) is 59.7 Å². The lowest BCUT2D eigenvalue weighted by Crippen LogP contribution is -2.44. The molecular weight excluding hydrogens is 438 g/mol. The Kier molecular flexibility index (Phi) is 6.53. The zero-order valence-corrected chi connectivity index (χ0v) is 20.2. The number of ether oxygens (including phenoxy) is 1. The van der Waals surface area contributed by atoms with Crippen molar-refractivity contribution in [2.45, 2.75) is 18.7 Å². The highest BCUT2D eigenvalue weighted by Crippen LogP contribution is 2.28. The molecule has 9 heteroatoms. The second-order valence-corrected chi connectivity index (χ2v) is 9.99. The molecule has 33 heavy (non-hydrogen) atoms. The van der Waals surface area contributed by atoms with E-state index < -0.39 is 10.0 Å². The lowest BCUT2D eigenvalue weighted by atomic mass is 10.1. The fraction of sp³-hybridized carbons (Fsp3) is 0.333. The summed E-state index contributed by atoms with van der Waals surface area (Å²) >= 11 is 0. The third kappa shape index (κ3) is 5.09. The van der Waals surface area contributed by atoms with Crippen molar-refractivity contribution in [2.24, 2.45) is 0 Å². The van der Waals surface area contributed by atoms with Crippen LogP contribution < -0.4 is 14.4 Å². The molecule has 8 nitrogen and oxygen atoms in total. The van der Waals surface area contributed by atoms with Gasteiger partial charge in [0.25, 0.3) is 10.0 Å². The van der Waals surface area contributed by atoms with E-state index in [2.05, 4.69) is 31.8 Å².